The Balaban J connectivity index is 1.61. The van der Waals surface area contributed by atoms with Gasteiger partial charge < -0.3 is 24.1 Å². The van der Waals surface area contributed by atoms with Crippen molar-refractivity contribution in [2.45, 2.75) is 59.0 Å². The molecule has 1 aliphatic heterocycles. The van der Waals surface area contributed by atoms with E-state index in [2.05, 4.69) is 16.6 Å². The number of carbonyl (C=O) groups is 3. The van der Waals surface area contributed by atoms with Gasteiger partial charge in [0, 0.05) is 18.1 Å². The summed E-state index contributed by atoms with van der Waals surface area (Å²) < 4.78 is 22.5. The molecule has 2 N–H and O–H groups in total. The van der Waals surface area contributed by atoms with Gasteiger partial charge in [0.1, 0.15) is 13.2 Å². The molecule has 1 saturated heterocycles. The lowest BCUT2D eigenvalue weighted by atomic mass is 9.79. The zero-order valence-corrected chi connectivity index (χ0v) is 21.7. The molecule has 0 aliphatic carbocycles. The molecule has 0 bridgehead atoms. The number of ether oxygens (including phenoxy) is 2. The van der Waals surface area contributed by atoms with Crippen molar-refractivity contribution in [1.82, 2.24) is 5.32 Å². The molecule has 0 saturated carbocycles. The van der Waals surface area contributed by atoms with Crippen molar-refractivity contribution in [1.29, 1.82) is 0 Å². The van der Waals surface area contributed by atoms with Gasteiger partial charge in [0.2, 0.25) is 0 Å². The molecular weight excluding hydrogens is 475 g/mol. The highest BCUT2D eigenvalue weighted by Crippen LogP contribution is 2.36. The van der Waals surface area contributed by atoms with Gasteiger partial charge in [0.15, 0.2) is 0 Å². The second-order valence-electron chi connectivity index (χ2n) is 9.57. The van der Waals surface area contributed by atoms with Crippen molar-refractivity contribution in [3.8, 4) is 12.3 Å². The van der Waals surface area contributed by atoms with Crippen LogP contribution in [0.15, 0.2) is 42.5 Å². The molecule has 1 aliphatic rings. The summed E-state index contributed by atoms with van der Waals surface area (Å²) >= 11 is 0. The molecule has 2 aromatic rings. The maximum Gasteiger partial charge on any atom is 0.494 e. The van der Waals surface area contributed by atoms with E-state index in [0.29, 0.717) is 16.8 Å². The monoisotopic (exact) mass is 506 g/mol. The number of carbonyl (C=O) groups excluding carboxylic acids is 3. The minimum Gasteiger partial charge on any atom is -0.461 e. The van der Waals surface area contributed by atoms with Crippen molar-refractivity contribution in [3.63, 3.8) is 0 Å². The highest BCUT2D eigenvalue weighted by Gasteiger charge is 2.51. The lowest BCUT2D eigenvalue weighted by Gasteiger charge is -2.32. The summed E-state index contributed by atoms with van der Waals surface area (Å²) in [5.74, 6) is 1.44. The Hall–Kier alpha value is -3.81. The summed E-state index contributed by atoms with van der Waals surface area (Å²) in [7, 11) is -0.476. The van der Waals surface area contributed by atoms with Gasteiger partial charge in [-0.05, 0) is 56.9 Å². The van der Waals surface area contributed by atoms with Crippen LogP contribution in [0.4, 0.5) is 10.5 Å². The second-order valence-corrected chi connectivity index (χ2v) is 9.57. The second kappa shape index (κ2) is 11.5. The van der Waals surface area contributed by atoms with Gasteiger partial charge in [-0.15, -0.1) is 6.42 Å². The van der Waals surface area contributed by atoms with Crippen LogP contribution in [-0.4, -0.2) is 42.8 Å². The van der Waals surface area contributed by atoms with Gasteiger partial charge in [-0.1, -0.05) is 30.2 Å². The minimum absolute atomic E-state index is 0.0291. The van der Waals surface area contributed by atoms with Crippen LogP contribution in [0.2, 0.25) is 0 Å². The topological polar surface area (TPSA) is 112 Å². The normalized spacial score (nSPS) is 15.4. The molecule has 194 valence electrons. The summed E-state index contributed by atoms with van der Waals surface area (Å²) in [4.78, 5) is 36.0. The van der Waals surface area contributed by atoms with Crippen LogP contribution < -0.4 is 16.1 Å². The summed E-state index contributed by atoms with van der Waals surface area (Å²) in [5.41, 5.74) is 1.84. The Morgan fingerprint density at radius 2 is 1.62 bits per heavy atom. The lowest BCUT2D eigenvalue weighted by Crippen LogP contribution is -2.41. The predicted octanol–water partition coefficient (Wildman–Crippen LogP) is 3.16. The van der Waals surface area contributed by atoms with Crippen LogP contribution in [0, 0.1) is 12.3 Å². The molecule has 37 heavy (non-hydrogen) atoms. The van der Waals surface area contributed by atoms with E-state index in [1.165, 1.54) is 25.1 Å². The molecular formula is C27H31BN2O7. The molecule has 1 heterocycles. The first kappa shape index (κ1) is 27.8. The van der Waals surface area contributed by atoms with Crippen LogP contribution >= 0.6 is 0 Å². The van der Waals surface area contributed by atoms with E-state index in [1.807, 2.05) is 52.0 Å². The smallest absolute Gasteiger partial charge is 0.461 e. The van der Waals surface area contributed by atoms with Gasteiger partial charge in [-0.25, -0.2) is 4.79 Å². The SMILES string of the molecule is C#CCNC(=O)c1ccc(NC(=O)OCc2ccc(B3OC(C)(C)C(C)(C)O3)cc2)c(COC(C)=O)c1. The Bertz CT molecular complexity index is 1190. The molecule has 2 amide bonds. The van der Waals surface area contributed by atoms with Crippen LogP contribution in [-0.2, 0) is 36.8 Å². The molecule has 10 heteroatoms. The average molecular weight is 506 g/mol. The molecule has 0 spiro atoms. The molecule has 0 radical (unpaired) electrons. The van der Waals surface area contributed by atoms with Crippen LogP contribution in [0.5, 0.6) is 0 Å². The van der Waals surface area contributed by atoms with Gasteiger partial charge in [0.25, 0.3) is 5.91 Å². The lowest BCUT2D eigenvalue weighted by molar-refractivity contribution is -0.142. The first-order valence-corrected chi connectivity index (χ1v) is 11.8. The van der Waals surface area contributed by atoms with Gasteiger partial charge >= 0.3 is 19.2 Å². The molecule has 0 aromatic heterocycles. The summed E-state index contributed by atoms with van der Waals surface area (Å²) in [5, 5.41) is 5.19. The van der Waals surface area contributed by atoms with E-state index in [0.717, 1.165) is 11.0 Å². The Kier molecular flexibility index (Phi) is 8.63. The number of hydrogen-bond acceptors (Lipinski definition) is 7. The number of terminal acetylenes is 1. The Morgan fingerprint density at radius 3 is 2.22 bits per heavy atom. The third-order valence-electron chi connectivity index (χ3n) is 6.26. The number of rotatable bonds is 8. The summed E-state index contributed by atoms with van der Waals surface area (Å²) in [6.07, 6.45) is 4.47. The average Bonchev–Trinajstić information content (AvgIpc) is 3.07. The van der Waals surface area contributed by atoms with Crippen molar-refractivity contribution < 1.29 is 33.2 Å². The van der Waals surface area contributed by atoms with E-state index in [4.69, 9.17) is 25.2 Å². The fraction of sp³-hybridized carbons (Fsp3) is 0.370. The highest BCUT2D eigenvalue weighted by atomic mass is 16.7. The zero-order valence-electron chi connectivity index (χ0n) is 21.7. The van der Waals surface area contributed by atoms with Crippen molar-refractivity contribution in [2.24, 2.45) is 0 Å². The van der Waals surface area contributed by atoms with Crippen LogP contribution in [0.1, 0.15) is 56.1 Å². The van der Waals surface area contributed by atoms with Crippen molar-refractivity contribution >= 4 is 36.2 Å². The quantitative estimate of drug-likeness (QED) is 0.321. The standard InChI is InChI=1S/C27H31BN2O7/c1-7-14-29-24(32)20-10-13-23(21(15-20)17-34-18(2)31)30-25(33)35-16-19-8-11-22(12-9-19)28-36-26(3,4)27(5,6)37-28/h1,8-13,15H,14,16-17H2,2-6H3,(H,29,32)(H,30,33). The first-order chi connectivity index (χ1) is 17.4. The molecule has 9 nitrogen and oxygen atoms in total. The molecule has 1 fully saturated rings. The molecule has 0 atom stereocenters. The zero-order chi connectivity index (χ0) is 27.2. The van der Waals surface area contributed by atoms with Crippen LogP contribution in [0.3, 0.4) is 0 Å². The van der Waals surface area contributed by atoms with Crippen molar-refractivity contribution in [3.05, 3.63) is 59.2 Å². The van der Waals surface area contributed by atoms with Crippen LogP contribution in [0.25, 0.3) is 0 Å². The largest absolute Gasteiger partial charge is 0.494 e. The van der Waals surface area contributed by atoms with Gasteiger partial charge in [-0.3, -0.25) is 14.9 Å². The van der Waals surface area contributed by atoms with Crippen molar-refractivity contribution in [2.75, 3.05) is 11.9 Å². The minimum atomic E-state index is -0.705. The number of amides is 2. The van der Waals surface area contributed by atoms with E-state index >= 15 is 0 Å². The predicted molar refractivity (Wildman–Crippen MR) is 139 cm³/mol. The van der Waals surface area contributed by atoms with E-state index in [-0.39, 0.29) is 25.7 Å². The number of esters is 1. The van der Waals surface area contributed by atoms with Gasteiger partial charge in [-0.2, -0.15) is 0 Å². The fourth-order valence-corrected chi connectivity index (χ4v) is 3.43. The highest BCUT2D eigenvalue weighted by molar-refractivity contribution is 6.62. The Labute approximate surface area is 217 Å². The molecule has 0 unspecified atom stereocenters. The Morgan fingerprint density at radius 1 is 0.973 bits per heavy atom. The number of benzene rings is 2. The maximum atomic E-state index is 12.5. The number of nitrogens with one attached hydrogen (secondary N) is 2. The third kappa shape index (κ3) is 7.12. The molecule has 2 aromatic carbocycles. The van der Waals surface area contributed by atoms with E-state index in [9.17, 15) is 14.4 Å². The summed E-state index contributed by atoms with van der Waals surface area (Å²) in [6, 6.07) is 12.0. The maximum absolute atomic E-state index is 12.5. The first-order valence-electron chi connectivity index (χ1n) is 11.8. The number of hydrogen-bond donors (Lipinski definition) is 2. The van der Waals surface area contributed by atoms with Gasteiger partial charge in [0.05, 0.1) is 23.4 Å². The van der Waals surface area contributed by atoms with E-state index < -0.39 is 30.4 Å². The molecule has 3 rings (SSSR count). The third-order valence-corrected chi connectivity index (χ3v) is 6.26. The fourth-order valence-electron chi connectivity index (χ4n) is 3.43. The van der Waals surface area contributed by atoms with E-state index in [1.54, 1.807) is 0 Å². The summed E-state index contributed by atoms with van der Waals surface area (Å²) in [6.45, 7) is 9.20. The number of anilines is 1.